The molecule has 2 heterocycles. The van der Waals surface area contributed by atoms with Crippen LogP contribution in [0.3, 0.4) is 0 Å². The molecule has 0 aromatic carbocycles. The normalized spacial score (nSPS) is 10.4. The summed E-state index contributed by atoms with van der Waals surface area (Å²) >= 11 is 3.44. The zero-order chi connectivity index (χ0) is 11.5. The molecule has 5 nitrogen and oxygen atoms in total. The minimum atomic E-state index is 0.592. The monoisotopic (exact) mass is 281 g/mol. The van der Waals surface area contributed by atoms with Crippen molar-refractivity contribution in [1.82, 2.24) is 19.5 Å². The average molecular weight is 282 g/mol. The first-order valence-electron chi connectivity index (χ1n) is 4.99. The maximum absolute atomic E-state index is 4.40. The first-order chi connectivity index (χ1) is 7.76. The van der Waals surface area contributed by atoms with E-state index in [0.717, 1.165) is 22.5 Å². The molecular formula is C10H12BrN5. The molecule has 0 fully saturated rings. The highest BCUT2D eigenvalue weighted by atomic mass is 79.9. The Labute approximate surface area is 102 Å². The number of hydrogen-bond acceptors (Lipinski definition) is 4. The van der Waals surface area contributed by atoms with Crippen molar-refractivity contribution in [2.24, 2.45) is 0 Å². The smallest absolute Gasteiger partial charge is 0.224 e. The molecule has 84 valence electrons. The second-order valence-electron chi connectivity index (χ2n) is 3.18. The quantitative estimate of drug-likeness (QED) is 0.935. The number of aryl methyl sites for hydroxylation is 1. The molecule has 0 unspecified atom stereocenters. The highest BCUT2D eigenvalue weighted by Gasteiger charge is 2.09. The van der Waals surface area contributed by atoms with Gasteiger partial charge in [-0.25, -0.2) is 9.97 Å². The first kappa shape index (κ1) is 11.1. The fraction of sp³-hybridized carbons (Fsp3) is 0.300. The largest absolute Gasteiger partial charge is 0.357 e. The molecule has 0 atom stereocenters. The van der Waals surface area contributed by atoms with E-state index in [9.17, 15) is 0 Å². The third-order valence-corrected chi connectivity index (χ3v) is 2.77. The maximum Gasteiger partial charge on any atom is 0.224 e. The summed E-state index contributed by atoms with van der Waals surface area (Å²) in [5, 5.41) is 2.92. The molecule has 0 aliphatic carbocycles. The van der Waals surface area contributed by atoms with E-state index in [1.807, 2.05) is 10.8 Å². The van der Waals surface area contributed by atoms with E-state index in [0.29, 0.717) is 5.95 Å². The summed E-state index contributed by atoms with van der Waals surface area (Å²) in [6, 6.07) is 0. The third kappa shape index (κ3) is 1.92. The predicted molar refractivity (Wildman–Crippen MR) is 65.8 cm³/mol. The minimum Gasteiger partial charge on any atom is -0.357 e. The van der Waals surface area contributed by atoms with Crippen LogP contribution < -0.4 is 5.32 Å². The van der Waals surface area contributed by atoms with Crippen LogP contribution in [0.2, 0.25) is 0 Å². The number of halogens is 1. The van der Waals surface area contributed by atoms with Crippen molar-refractivity contribution in [1.29, 1.82) is 0 Å². The average Bonchev–Trinajstić information content (AvgIpc) is 2.77. The van der Waals surface area contributed by atoms with Crippen LogP contribution in [0.5, 0.6) is 0 Å². The number of hydrogen-bond donors (Lipinski definition) is 1. The summed E-state index contributed by atoms with van der Waals surface area (Å²) in [6.45, 7) is 2.06. The van der Waals surface area contributed by atoms with Gasteiger partial charge in [-0.1, -0.05) is 6.92 Å². The minimum absolute atomic E-state index is 0.592. The molecule has 0 saturated carbocycles. The second-order valence-corrected chi connectivity index (χ2v) is 4.04. The summed E-state index contributed by atoms with van der Waals surface area (Å²) in [4.78, 5) is 12.8. The fourth-order valence-electron chi connectivity index (χ4n) is 1.44. The lowest BCUT2D eigenvalue weighted by Crippen LogP contribution is -2.06. The van der Waals surface area contributed by atoms with Crippen molar-refractivity contribution >= 4 is 21.9 Å². The van der Waals surface area contributed by atoms with Crippen LogP contribution in [-0.4, -0.2) is 26.6 Å². The van der Waals surface area contributed by atoms with Crippen LogP contribution in [0.1, 0.15) is 12.7 Å². The number of nitrogens with zero attached hydrogens (tertiary/aromatic N) is 4. The van der Waals surface area contributed by atoms with Crippen LogP contribution in [0.15, 0.2) is 23.1 Å². The molecule has 0 aliphatic heterocycles. The molecule has 1 N–H and O–H groups in total. The Morgan fingerprint density at radius 3 is 2.94 bits per heavy atom. The number of imidazole rings is 1. The van der Waals surface area contributed by atoms with Crippen LogP contribution in [0.4, 0.5) is 5.95 Å². The Balaban J connectivity index is 2.54. The van der Waals surface area contributed by atoms with E-state index < -0.39 is 0 Å². The van der Waals surface area contributed by atoms with Gasteiger partial charge in [0.05, 0.1) is 4.47 Å². The van der Waals surface area contributed by atoms with E-state index in [-0.39, 0.29) is 0 Å². The van der Waals surface area contributed by atoms with E-state index in [4.69, 9.17) is 0 Å². The van der Waals surface area contributed by atoms with Gasteiger partial charge < -0.3 is 5.32 Å². The van der Waals surface area contributed by atoms with E-state index in [2.05, 4.69) is 43.1 Å². The molecular weight excluding hydrogens is 270 g/mol. The molecule has 0 spiro atoms. The standard InChI is InChI=1S/C10H12BrN5/c1-3-8-13-4-5-16(8)9-7(11)6-14-10(12-2)15-9/h4-6H,3H2,1-2H3,(H,12,14,15). The van der Waals surface area contributed by atoms with E-state index in [1.54, 1.807) is 19.4 Å². The highest BCUT2D eigenvalue weighted by molar-refractivity contribution is 9.10. The van der Waals surface area contributed by atoms with Crippen LogP contribution >= 0.6 is 15.9 Å². The van der Waals surface area contributed by atoms with Crippen molar-refractivity contribution in [2.75, 3.05) is 12.4 Å². The maximum atomic E-state index is 4.40. The van der Waals surface area contributed by atoms with Crippen molar-refractivity contribution < 1.29 is 0 Å². The van der Waals surface area contributed by atoms with Gasteiger partial charge in [0.1, 0.15) is 5.82 Å². The molecule has 2 aromatic heterocycles. The van der Waals surface area contributed by atoms with Crippen LogP contribution in [0.25, 0.3) is 5.82 Å². The van der Waals surface area contributed by atoms with Gasteiger partial charge in [-0.15, -0.1) is 0 Å². The van der Waals surface area contributed by atoms with Crippen LogP contribution in [-0.2, 0) is 6.42 Å². The van der Waals surface area contributed by atoms with Crippen molar-refractivity contribution in [2.45, 2.75) is 13.3 Å². The van der Waals surface area contributed by atoms with Gasteiger partial charge in [0.15, 0.2) is 5.82 Å². The fourth-order valence-corrected chi connectivity index (χ4v) is 1.82. The molecule has 6 heteroatoms. The number of aromatic nitrogens is 4. The Kier molecular flexibility index (Phi) is 3.19. The zero-order valence-corrected chi connectivity index (χ0v) is 10.7. The van der Waals surface area contributed by atoms with Gasteiger partial charge in [0.25, 0.3) is 0 Å². The molecule has 0 bridgehead atoms. The topological polar surface area (TPSA) is 55.6 Å². The molecule has 0 saturated heterocycles. The van der Waals surface area contributed by atoms with Crippen molar-refractivity contribution in [3.8, 4) is 5.82 Å². The molecule has 2 aromatic rings. The van der Waals surface area contributed by atoms with E-state index >= 15 is 0 Å². The first-order valence-corrected chi connectivity index (χ1v) is 5.78. The van der Waals surface area contributed by atoms with Gasteiger partial charge in [-0.3, -0.25) is 4.57 Å². The van der Waals surface area contributed by atoms with Gasteiger partial charge in [0, 0.05) is 32.1 Å². The molecule has 2 rings (SSSR count). The zero-order valence-electron chi connectivity index (χ0n) is 9.11. The highest BCUT2D eigenvalue weighted by Crippen LogP contribution is 2.20. The Morgan fingerprint density at radius 2 is 2.25 bits per heavy atom. The van der Waals surface area contributed by atoms with Gasteiger partial charge >= 0.3 is 0 Å². The molecule has 0 amide bonds. The Bertz CT molecular complexity index is 494. The summed E-state index contributed by atoms with van der Waals surface area (Å²) in [7, 11) is 1.79. The van der Waals surface area contributed by atoms with E-state index in [1.165, 1.54) is 0 Å². The lowest BCUT2D eigenvalue weighted by atomic mass is 10.4. The molecule has 0 radical (unpaired) electrons. The number of rotatable bonds is 3. The predicted octanol–water partition coefficient (Wildman–Crippen LogP) is 2.03. The summed E-state index contributed by atoms with van der Waals surface area (Å²) in [6.07, 6.45) is 6.25. The second kappa shape index (κ2) is 4.61. The summed E-state index contributed by atoms with van der Waals surface area (Å²) < 4.78 is 2.80. The van der Waals surface area contributed by atoms with Gasteiger partial charge in [-0.2, -0.15) is 4.98 Å². The molecule has 16 heavy (non-hydrogen) atoms. The lowest BCUT2D eigenvalue weighted by molar-refractivity contribution is 0.858. The summed E-state index contributed by atoms with van der Waals surface area (Å²) in [5.74, 6) is 2.36. The third-order valence-electron chi connectivity index (χ3n) is 2.21. The van der Waals surface area contributed by atoms with Gasteiger partial charge in [-0.05, 0) is 15.9 Å². The Morgan fingerprint density at radius 1 is 1.44 bits per heavy atom. The number of anilines is 1. The number of nitrogens with one attached hydrogen (secondary N) is 1. The Hall–Kier alpha value is -1.43. The lowest BCUT2D eigenvalue weighted by Gasteiger charge is -2.08. The van der Waals surface area contributed by atoms with Crippen LogP contribution in [0, 0.1) is 0 Å². The SMILES string of the molecule is CCc1nccn1-c1nc(NC)ncc1Br. The van der Waals surface area contributed by atoms with Crippen molar-refractivity contribution in [3.05, 3.63) is 28.9 Å². The summed E-state index contributed by atoms with van der Waals surface area (Å²) in [5.41, 5.74) is 0. The molecule has 0 aliphatic rings. The van der Waals surface area contributed by atoms with Crippen molar-refractivity contribution in [3.63, 3.8) is 0 Å². The van der Waals surface area contributed by atoms with Gasteiger partial charge in [0.2, 0.25) is 5.95 Å².